The average molecular weight is 438 g/mol. The standard InChI is InChI=1S/C21H19Cl3N2O2/c1-2-3-4-5-16-19(21(27)28)25-26(18-11-10-15(23)12-17(18)24)20(16)13-6-8-14(22)9-7-13/h6-12H,2-5H2,1H3,(H,27,28). The Morgan fingerprint density at radius 3 is 2.32 bits per heavy atom. The molecule has 3 rings (SSSR count). The summed E-state index contributed by atoms with van der Waals surface area (Å²) < 4.78 is 1.59. The number of halogens is 3. The summed E-state index contributed by atoms with van der Waals surface area (Å²) in [6.45, 7) is 2.11. The number of aromatic nitrogens is 2. The summed E-state index contributed by atoms with van der Waals surface area (Å²) in [7, 11) is 0. The van der Waals surface area contributed by atoms with Crippen LogP contribution < -0.4 is 0 Å². The third-order valence-electron chi connectivity index (χ3n) is 4.47. The second-order valence-corrected chi connectivity index (χ2v) is 7.73. The van der Waals surface area contributed by atoms with E-state index in [1.165, 1.54) is 0 Å². The van der Waals surface area contributed by atoms with Crippen molar-refractivity contribution in [3.63, 3.8) is 0 Å². The van der Waals surface area contributed by atoms with Gasteiger partial charge in [-0.15, -0.1) is 0 Å². The van der Waals surface area contributed by atoms with Crippen LogP contribution in [0.3, 0.4) is 0 Å². The number of nitrogens with zero attached hydrogens (tertiary/aromatic N) is 2. The molecule has 0 fully saturated rings. The number of carbonyl (C=O) groups is 1. The molecule has 28 heavy (non-hydrogen) atoms. The van der Waals surface area contributed by atoms with Gasteiger partial charge in [0.05, 0.1) is 16.4 Å². The maximum absolute atomic E-state index is 11.9. The van der Waals surface area contributed by atoms with E-state index in [-0.39, 0.29) is 5.69 Å². The van der Waals surface area contributed by atoms with Crippen LogP contribution in [0.2, 0.25) is 15.1 Å². The molecule has 3 aromatic rings. The lowest BCUT2D eigenvalue weighted by Gasteiger charge is -2.12. The molecule has 0 bridgehead atoms. The summed E-state index contributed by atoms with van der Waals surface area (Å²) >= 11 is 18.5. The number of carboxylic acids is 1. The largest absolute Gasteiger partial charge is 0.476 e. The minimum Gasteiger partial charge on any atom is -0.476 e. The Kier molecular flexibility index (Phi) is 6.65. The molecule has 4 nitrogen and oxygen atoms in total. The lowest BCUT2D eigenvalue weighted by Crippen LogP contribution is -2.03. The van der Waals surface area contributed by atoms with Gasteiger partial charge in [0.1, 0.15) is 0 Å². The predicted molar refractivity (Wildman–Crippen MR) is 114 cm³/mol. The first-order chi connectivity index (χ1) is 13.4. The van der Waals surface area contributed by atoms with Gasteiger partial charge in [0.25, 0.3) is 0 Å². The fourth-order valence-electron chi connectivity index (χ4n) is 3.14. The van der Waals surface area contributed by atoms with Crippen molar-refractivity contribution in [2.75, 3.05) is 0 Å². The number of hydrogen-bond acceptors (Lipinski definition) is 2. The fourth-order valence-corrected chi connectivity index (χ4v) is 3.76. The van der Waals surface area contributed by atoms with Gasteiger partial charge in [0, 0.05) is 21.2 Å². The molecule has 0 radical (unpaired) electrons. The SMILES string of the molecule is CCCCCc1c(C(=O)O)nn(-c2ccc(Cl)cc2Cl)c1-c1ccc(Cl)cc1. The van der Waals surface area contributed by atoms with Crippen LogP contribution in [-0.2, 0) is 6.42 Å². The van der Waals surface area contributed by atoms with Crippen molar-refractivity contribution in [1.82, 2.24) is 9.78 Å². The van der Waals surface area contributed by atoms with Crippen molar-refractivity contribution in [3.8, 4) is 16.9 Å². The number of hydrogen-bond donors (Lipinski definition) is 1. The molecule has 0 aliphatic rings. The lowest BCUT2D eigenvalue weighted by atomic mass is 10.00. The van der Waals surface area contributed by atoms with Crippen LogP contribution in [0, 0.1) is 0 Å². The molecule has 0 unspecified atom stereocenters. The molecule has 0 atom stereocenters. The number of benzene rings is 2. The van der Waals surface area contributed by atoms with Gasteiger partial charge in [-0.3, -0.25) is 0 Å². The van der Waals surface area contributed by atoms with Crippen LogP contribution in [0.5, 0.6) is 0 Å². The third kappa shape index (κ3) is 4.35. The summed E-state index contributed by atoms with van der Waals surface area (Å²) in [4.78, 5) is 11.9. The zero-order valence-electron chi connectivity index (χ0n) is 15.3. The van der Waals surface area contributed by atoms with E-state index in [2.05, 4.69) is 12.0 Å². The van der Waals surface area contributed by atoms with Gasteiger partial charge >= 0.3 is 5.97 Å². The average Bonchev–Trinajstić information content (AvgIpc) is 3.02. The monoisotopic (exact) mass is 436 g/mol. The molecule has 0 aliphatic heterocycles. The molecule has 7 heteroatoms. The zero-order valence-corrected chi connectivity index (χ0v) is 17.5. The topological polar surface area (TPSA) is 55.1 Å². The first-order valence-corrected chi connectivity index (χ1v) is 10.1. The number of rotatable bonds is 7. The molecule has 2 aromatic carbocycles. The van der Waals surface area contributed by atoms with Gasteiger partial charge in [-0.1, -0.05) is 66.7 Å². The van der Waals surface area contributed by atoms with Crippen molar-refractivity contribution in [2.45, 2.75) is 32.6 Å². The molecular weight excluding hydrogens is 419 g/mol. The molecule has 0 aliphatic carbocycles. The van der Waals surface area contributed by atoms with Crippen LogP contribution in [0.1, 0.15) is 42.2 Å². The second-order valence-electron chi connectivity index (χ2n) is 6.45. The molecule has 0 saturated heterocycles. The molecule has 1 N–H and O–H groups in total. The summed E-state index contributed by atoms with van der Waals surface area (Å²) in [5, 5.41) is 15.7. The zero-order chi connectivity index (χ0) is 20.3. The van der Waals surface area contributed by atoms with Gasteiger partial charge in [-0.2, -0.15) is 5.10 Å². The molecular formula is C21H19Cl3N2O2. The first-order valence-electron chi connectivity index (χ1n) is 8.99. The first kappa shape index (κ1) is 20.7. The van der Waals surface area contributed by atoms with Gasteiger partial charge < -0.3 is 5.11 Å². The molecule has 0 saturated carbocycles. The number of carboxylic acid groups (broad SMARTS) is 1. The van der Waals surface area contributed by atoms with Crippen molar-refractivity contribution < 1.29 is 9.90 Å². The van der Waals surface area contributed by atoms with Crippen molar-refractivity contribution >= 4 is 40.8 Å². The highest BCUT2D eigenvalue weighted by Gasteiger charge is 2.25. The summed E-state index contributed by atoms with van der Waals surface area (Å²) in [6, 6.07) is 12.3. The Balaban J connectivity index is 2.26. The van der Waals surface area contributed by atoms with E-state index in [1.54, 1.807) is 35.0 Å². The van der Waals surface area contributed by atoms with Crippen molar-refractivity contribution in [3.05, 3.63) is 68.8 Å². The highest BCUT2D eigenvalue weighted by molar-refractivity contribution is 6.35. The third-order valence-corrected chi connectivity index (χ3v) is 5.26. The van der Waals surface area contributed by atoms with E-state index < -0.39 is 5.97 Å². The van der Waals surface area contributed by atoms with Crippen molar-refractivity contribution in [2.24, 2.45) is 0 Å². The maximum Gasteiger partial charge on any atom is 0.356 e. The van der Waals surface area contributed by atoms with E-state index in [4.69, 9.17) is 34.8 Å². The molecule has 146 valence electrons. The van der Waals surface area contributed by atoms with Gasteiger partial charge in [-0.25, -0.2) is 9.48 Å². The van der Waals surface area contributed by atoms with E-state index in [0.29, 0.717) is 38.4 Å². The Bertz CT molecular complexity index is 998. The van der Waals surface area contributed by atoms with Crippen LogP contribution in [-0.4, -0.2) is 20.9 Å². The smallest absolute Gasteiger partial charge is 0.356 e. The highest BCUT2D eigenvalue weighted by atomic mass is 35.5. The number of aromatic carboxylic acids is 1. The Labute approximate surface area is 178 Å². The van der Waals surface area contributed by atoms with E-state index in [1.807, 2.05) is 12.1 Å². The normalized spacial score (nSPS) is 11.0. The highest BCUT2D eigenvalue weighted by Crippen LogP contribution is 2.34. The van der Waals surface area contributed by atoms with Gasteiger partial charge in [0.15, 0.2) is 5.69 Å². The van der Waals surface area contributed by atoms with Crippen LogP contribution in [0.15, 0.2) is 42.5 Å². The van der Waals surface area contributed by atoms with Gasteiger partial charge in [-0.05, 0) is 43.2 Å². The Morgan fingerprint density at radius 2 is 1.71 bits per heavy atom. The number of unbranched alkanes of at least 4 members (excludes halogenated alkanes) is 2. The molecule has 1 heterocycles. The van der Waals surface area contributed by atoms with Crippen LogP contribution in [0.25, 0.3) is 16.9 Å². The van der Waals surface area contributed by atoms with Crippen molar-refractivity contribution in [1.29, 1.82) is 0 Å². The van der Waals surface area contributed by atoms with Crippen LogP contribution >= 0.6 is 34.8 Å². The summed E-state index contributed by atoms with van der Waals surface area (Å²) in [6.07, 6.45) is 3.53. The quantitative estimate of drug-likeness (QED) is 0.408. The molecule has 0 spiro atoms. The van der Waals surface area contributed by atoms with E-state index in [9.17, 15) is 9.90 Å². The van der Waals surface area contributed by atoms with Gasteiger partial charge in [0.2, 0.25) is 0 Å². The summed E-state index contributed by atoms with van der Waals surface area (Å²) in [5.41, 5.74) is 2.82. The summed E-state index contributed by atoms with van der Waals surface area (Å²) in [5.74, 6) is -1.06. The Hall–Kier alpha value is -2.01. The fraction of sp³-hybridized carbons (Fsp3) is 0.238. The minimum absolute atomic E-state index is 0.0343. The predicted octanol–water partition coefficient (Wildman–Crippen LogP) is 6.93. The van der Waals surface area contributed by atoms with Crippen LogP contribution in [0.4, 0.5) is 0 Å². The molecule has 1 aromatic heterocycles. The molecule has 0 amide bonds. The van der Waals surface area contributed by atoms with E-state index in [0.717, 1.165) is 24.8 Å². The Morgan fingerprint density at radius 1 is 1.04 bits per heavy atom. The van der Waals surface area contributed by atoms with E-state index >= 15 is 0 Å². The lowest BCUT2D eigenvalue weighted by molar-refractivity contribution is 0.0688. The minimum atomic E-state index is -1.06. The maximum atomic E-state index is 11.9. The second kappa shape index (κ2) is 8.99.